The highest BCUT2D eigenvalue weighted by Crippen LogP contribution is 2.29. The van der Waals surface area contributed by atoms with Crippen molar-refractivity contribution >= 4 is 11.9 Å². The zero-order chi connectivity index (χ0) is 14.7. The predicted molar refractivity (Wildman–Crippen MR) is 73.5 cm³/mol. The van der Waals surface area contributed by atoms with E-state index in [0.29, 0.717) is 6.61 Å². The molecule has 5 nitrogen and oxygen atoms in total. The molecule has 0 bridgehead atoms. The second-order valence-electron chi connectivity index (χ2n) is 4.96. The van der Waals surface area contributed by atoms with Gasteiger partial charge in [-0.2, -0.15) is 0 Å². The quantitative estimate of drug-likeness (QED) is 0.894. The van der Waals surface area contributed by atoms with E-state index < -0.39 is 11.9 Å². The van der Waals surface area contributed by atoms with Crippen LogP contribution in [0.2, 0.25) is 0 Å². The van der Waals surface area contributed by atoms with Crippen molar-refractivity contribution in [2.24, 2.45) is 5.92 Å². The van der Waals surface area contributed by atoms with Crippen LogP contribution in [0, 0.1) is 5.92 Å². The Morgan fingerprint density at radius 1 is 1.45 bits per heavy atom. The maximum Gasteiger partial charge on any atom is 0.308 e. The van der Waals surface area contributed by atoms with Gasteiger partial charge in [0.1, 0.15) is 5.75 Å². The molecule has 1 aliphatic heterocycles. The summed E-state index contributed by atoms with van der Waals surface area (Å²) in [7, 11) is 0. The Balaban J connectivity index is 2.09. The van der Waals surface area contributed by atoms with Crippen LogP contribution in [0.15, 0.2) is 24.3 Å². The van der Waals surface area contributed by atoms with E-state index in [2.05, 4.69) is 0 Å². The Hall–Kier alpha value is -2.04. The van der Waals surface area contributed by atoms with E-state index in [1.54, 1.807) is 4.90 Å². The van der Waals surface area contributed by atoms with E-state index in [1.807, 2.05) is 38.1 Å². The first kappa shape index (κ1) is 14.4. The molecule has 1 fully saturated rings. The van der Waals surface area contributed by atoms with Crippen molar-refractivity contribution in [2.75, 3.05) is 13.2 Å². The van der Waals surface area contributed by atoms with Crippen molar-refractivity contribution in [3.63, 3.8) is 0 Å². The van der Waals surface area contributed by atoms with Crippen molar-refractivity contribution in [1.82, 2.24) is 4.90 Å². The summed E-state index contributed by atoms with van der Waals surface area (Å²) in [6, 6.07) is 7.44. The maximum absolute atomic E-state index is 11.9. The Kier molecular flexibility index (Phi) is 4.27. The normalized spacial score (nSPS) is 20.0. The van der Waals surface area contributed by atoms with Gasteiger partial charge in [0.15, 0.2) is 0 Å². The molecule has 1 aromatic rings. The summed E-state index contributed by atoms with van der Waals surface area (Å²) in [6.45, 7) is 4.73. The molecule has 1 aromatic carbocycles. The molecule has 20 heavy (non-hydrogen) atoms. The molecule has 1 saturated heterocycles. The van der Waals surface area contributed by atoms with Gasteiger partial charge in [-0.3, -0.25) is 9.59 Å². The number of carboxylic acids is 1. The largest absolute Gasteiger partial charge is 0.494 e. The minimum Gasteiger partial charge on any atom is -0.494 e. The zero-order valence-electron chi connectivity index (χ0n) is 11.7. The fraction of sp³-hybridized carbons (Fsp3) is 0.467. The summed E-state index contributed by atoms with van der Waals surface area (Å²) in [5, 5.41) is 9.00. The Bertz CT molecular complexity index is 497. The molecule has 1 aliphatic rings. The SMILES string of the molecule is CCOc1ccc(C(C)N2CC(C(=O)O)CC2=O)cc1. The van der Waals surface area contributed by atoms with Gasteiger partial charge in [-0.25, -0.2) is 0 Å². The summed E-state index contributed by atoms with van der Waals surface area (Å²) in [4.78, 5) is 24.5. The molecule has 1 heterocycles. The fourth-order valence-electron chi connectivity index (χ4n) is 2.46. The minimum atomic E-state index is -0.903. The first-order chi connectivity index (χ1) is 9.52. The summed E-state index contributed by atoms with van der Waals surface area (Å²) in [5.41, 5.74) is 0.979. The summed E-state index contributed by atoms with van der Waals surface area (Å²) < 4.78 is 5.38. The summed E-state index contributed by atoms with van der Waals surface area (Å²) in [6.07, 6.45) is 0.0940. The number of nitrogens with zero attached hydrogens (tertiary/aromatic N) is 1. The van der Waals surface area contributed by atoms with Crippen molar-refractivity contribution in [2.45, 2.75) is 26.3 Å². The number of carboxylic acid groups (broad SMARTS) is 1. The number of carbonyl (C=O) groups excluding carboxylic acids is 1. The molecule has 108 valence electrons. The van der Waals surface area contributed by atoms with Crippen LogP contribution in [-0.2, 0) is 9.59 Å². The number of benzene rings is 1. The maximum atomic E-state index is 11.9. The fourth-order valence-corrected chi connectivity index (χ4v) is 2.46. The lowest BCUT2D eigenvalue weighted by Gasteiger charge is -2.25. The molecule has 0 aliphatic carbocycles. The highest BCUT2D eigenvalue weighted by molar-refractivity contribution is 5.86. The van der Waals surface area contributed by atoms with Gasteiger partial charge in [0.05, 0.1) is 18.6 Å². The van der Waals surface area contributed by atoms with Gasteiger partial charge in [0.2, 0.25) is 5.91 Å². The van der Waals surface area contributed by atoms with E-state index in [1.165, 1.54) is 0 Å². The molecular weight excluding hydrogens is 258 g/mol. The molecule has 0 spiro atoms. The molecule has 0 radical (unpaired) electrons. The topological polar surface area (TPSA) is 66.8 Å². The van der Waals surface area contributed by atoms with Crippen LogP contribution in [0.5, 0.6) is 5.75 Å². The van der Waals surface area contributed by atoms with Gasteiger partial charge in [-0.05, 0) is 31.5 Å². The van der Waals surface area contributed by atoms with Crippen molar-refractivity contribution in [3.05, 3.63) is 29.8 Å². The number of hydrogen-bond acceptors (Lipinski definition) is 3. The molecule has 5 heteroatoms. The molecule has 2 atom stereocenters. The van der Waals surface area contributed by atoms with Gasteiger partial charge < -0.3 is 14.7 Å². The number of likely N-dealkylation sites (tertiary alicyclic amines) is 1. The van der Waals surface area contributed by atoms with Crippen molar-refractivity contribution in [1.29, 1.82) is 0 Å². The second kappa shape index (κ2) is 5.94. The first-order valence-electron chi connectivity index (χ1n) is 6.78. The minimum absolute atomic E-state index is 0.0940. The van der Waals surface area contributed by atoms with E-state index >= 15 is 0 Å². The summed E-state index contributed by atoms with van der Waals surface area (Å²) in [5.74, 6) is -0.800. The number of hydrogen-bond donors (Lipinski definition) is 1. The van der Waals surface area contributed by atoms with Gasteiger partial charge in [0, 0.05) is 13.0 Å². The number of carbonyl (C=O) groups is 2. The number of ether oxygens (including phenoxy) is 1. The molecule has 1 N–H and O–H groups in total. The Morgan fingerprint density at radius 2 is 2.10 bits per heavy atom. The standard InChI is InChI=1S/C15H19NO4/c1-3-20-13-6-4-11(5-7-13)10(2)16-9-12(15(18)19)8-14(16)17/h4-7,10,12H,3,8-9H2,1-2H3,(H,18,19). The van der Waals surface area contributed by atoms with Gasteiger partial charge in [0.25, 0.3) is 0 Å². The van der Waals surface area contributed by atoms with Crippen LogP contribution in [0.4, 0.5) is 0 Å². The molecule has 2 rings (SSSR count). The zero-order valence-corrected chi connectivity index (χ0v) is 11.7. The molecule has 2 unspecified atom stereocenters. The third-order valence-electron chi connectivity index (χ3n) is 3.65. The lowest BCUT2D eigenvalue weighted by atomic mass is 10.1. The van der Waals surface area contributed by atoms with E-state index in [-0.39, 0.29) is 24.9 Å². The van der Waals surface area contributed by atoms with Crippen molar-refractivity contribution in [3.8, 4) is 5.75 Å². The third-order valence-corrected chi connectivity index (χ3v) is 3.65. The molecular formula is C15H19NO4. The van der Waals surface area contributed by atoms with E-state index in [4.69, 9.17) is 9.84 Å². The lowest BCUT2D eigenvalue weighted by molar-refractivity contribution is -0.141. The smallest absolute Gasteiger partial charge is 0.308 e. The molecule has 1 amide bonds. The highest BCUT2D eigenvalue weighted by Gasteiger charge is 2.36. The van der Waals surface area contributed by atoms with Gasteiger partial charge in [-0.1, -0.05) is 12.1 Å². The predicted octanol–water partition coefficient (Wildman–Crippen LogP) is 2.08. The average molecular weight is 277 g/mol. The van der Waals surface area contributed by atoms with Crippen LogP contribution in [-0.4, -0.2) is 35.0 Å². The van der Waals surface area contributed by atoms with Crippen LogP contribution in [0.3, 0.4) is 0 Å². The third kappa shape index (κ3) is 2.92. The van der Waals surface area contributed by atoms with E-state index in [0.717, 1.165) is 11.3 Å². The lowest BCUT2D eigenvalue weighted by Crippen LogP contribution is -2.29. The Labute approximate surface area is 118 Å². The van der Waals surface area contributed by atoms with Crippen LogP contribution in [0.1, 0.15) is 31.9 Å². The molecule has 0 aromatic heterocycles. The van der Waals surface area contributed by atoms with Gasteiger partial charge >= 0.3 is 5.97 Å². The van der Waals surface area contributed by atoms with Crippen molar-refractivity contribution < 1.29 is 19.4 Å². The van der Waals surface area contributed by atoms with Crippen LogP contribution in [0.25, 0.3) is 0 Å². The van der Waals surface area contributed by atoms with Crippen LogP contribution < -0.4 is 4.74 Å². The van der Waals surface area contributed by atoms with Crippen LogP contribution >= 0.6 is 0 Å². The van der Waals surface area contributed by atoms with Gasteiger partial charge in [-0.15, -0.1) is 0 Å². The van der Waals surface area contributed by atoms with E-state index in [9.17, 15) is 9.59 Å². The monoisotopic (exact) mass is 277 g/mol. The first-order valence-corrected chi connectivity index (χ1v) is 6.78. The number of aliphatic carboxylic acids is 1. The average Bonchev–Trinajstić information content (AvgIpc) is 2.81. The second-order valence-corrected chi connectivity index (χ2v) is 4.96. The number of rotatable bonds is 5. The highest BCUT2D eigenvalue weighted by atomic mass is 16.5. The Morgan fingerprint density at radius 3 is 2.60 bits per heavy atom. The number of amides is 1. The summed E-state index contributed by atoms with van der Waals surface area (Å²) >= 11 is 0. The molecule has 0 saturated carbocycles.